The predicted molar refractivity (Wildman–Crippen MR) is 69.6 cm³/mol. The molecule has 3 rings (SSSR count). The lowest BCUT2D eigenvalue weighted by atomic mass is 10.2. The molecule has 0 aliphatic carbocycles. The molecule has 2 aromatic rings. The molecule has 1 atom stereocenters. The number of hydrogen-bond donors (Lipinski definition) is 1. The van der Waals surface area contributed by atoms with Gasteiger partial charge in [-0.25, -0.2) is 4.98 Å². The van der Waals surface area contributed by atoms with Gasteiger partial charge in [0.05, 0.1) is 5.69 Å². The van der Waals surface area contributed by atoms with E-state index in [9.17, 15) is 4.79 Å². The molecule has 0 bridgehead atoms. The Bertz CT molecular complexity index is 607. The van der Waals surface area contributed by atoms with Crippen LogP contribution in [0.2, 0.25) is 0 Å². The molecule has 1 fully saturated rings. The summed E-state index contributed by atoms with van der Waals surface area (Å²) in [6, 6.07) is 1.99. The highest BCUT2D eigenvalue weighted by Crippen LogP contribution is 2.18. The van der Waals surface area contributed by atoms with E-state index in [0.29, 0.717) is 24.1 Å². The molecule has 0 radical (unpaired) electrons. The normalized spacial score (nSPS) is 20.8. The summed E-state index contributed by atoms with van der Waals surface area (Å²) in [6.45, 7) is 2.40. The lowest BCUT2D eigenvalue weighted by molar-refractivity contribution is 0.247. The standard InChI is InChI=1S/C11H15N5OS/c12-5-9-2-1-3-15(9)6-8-4-10(17)16-11(14-8)18-7-13-16/h4,7,9H,1-3,5-6,12H2. The van der Waals surface area contributed by atoms with Crippen LogP contribution >= 0.6 is 11.3 Å². The second-order valence-electron chi connectivity index (χ2n) is 4.52. The van der Waals surface area contributed by atoms with Crippen molar-refractivity contribution in [2.45, 2.75) is 25.4 Å². The molecule has 96 valence electrons. The zero-order valence-electron chi connectivity index (χ0n) is 9.95. The summed E-state index contributed by atoms with van der Waals surface area (Å²) in [7, 11) is 0. The van der Waals surface area contributed by atoms with Crippen molar-refractivity contribution >= 4 is 16.3 Å². The Morgan fingerprint density at radius 2 is 2.44 bits per heavy atom. The fraction of sp³-hybridized carbons (Fsp3) is 0.545. The fourth-order valence-corrected chi connectivity index (χ4v) is 3.10. The molecular weight excluding hydrogens is 250 g/mol. The highest BCUT2D eigenvalue weighted by molar-refractivity contribution is 7.14. The van der Waals surface area contributed by atoms with Crippen LogP contribution in [0.15, 0.2) is 16.4 Å². The maximum absolute atomic E-state index is 11.8. The van der Waals surface area contributed by atoms with Crippen molar-refractivity contribution in [1.29, 1.82) is 0 Å². The van der Waals surface area contributed by atoms with Gasteiger partial charge >= 0.3 is 0 Å². The van der Waals surface area contributed by atoms with Crippen molar-refractivity contribution in [2.75, 3.05) is 13.1 Å². The third-order valence-corrected chi connectivity index (χ3v) is 4.05. The Hall–Kier alpha value is -1.31. The molecule has 1 aliphatic rings. The monoisotopic (exact) mass is 265 g/mol. The lowest BCUT2D eigenvalue weighted by Crippen LogP contribution is -2.35. The van der Waals surface area contributed by atoms with Crippen molar-refractivity contribution in [3.05, 3.63) is 27.6 Å². The zero-order valence-corrected chi connectivity index (χ0v) is 10.8. The number of aromatic nitrogens is 3. The number of fused-ring (bicyclic) bond motifs is 1. The molecule has 2 N–H and O–H groups in total. The topological polar surface area (TPSA) is 76.5 Å². The van der Waals surface area contributed by atoms with Gasteiger partial charge in [0, 0.05) is 25.2 Å². The lowest BCUT2D eigenvalue weighted by Gasteiger charge is -2.22. The maximum atomic E-state index is 11.8. The van der Waals surface area contributed by atoms with E-state index in [2.05, 4.69) is 15.0 Å². The minimum atomic E-state index is -0.111. The summed E-state index contributed by atoms with van der Waals surface area (Å²) >= 11 is 1.38. The van der Waals surface area contributed by atoms with Gasteiger partial charge < -0.3 is 5.73 Å². The summed E-state index contributed by atoms with van der Waals surface area (Å²) in [5.74, 6) is 0. The van der Waals surface area contributed by atoms with Crippen LogP contribution in [0.5, 0.6) is 0 Å². The van der Waals surface area contributed by atoms with Crippen molar-refractivity contribution < 1.29 is 0 Å². The summed E-state index contributed by atoms with van der Waals surface area (Å²) in [6.07, 6.45) is 2.31. The Morgan fingerprint density at radius 3 is 3.28 bits per heavy atom. The van der Waals surface area contributed by atoms with E-state index in [0.717, 1.165) is 18.7 Å². The largest absolute Gasteiger partial charge is 0.329 e. The van der Waals surface area contributed by atoms with Gasteiger partial charge in [0.15, 0.2) is 0 Å². The molecule has 3 heterocycles. The summed E-state index contributed by atoms with van der Waals surface area (Å²) in [5.41, 5.74) is 8.08. The van der Waals surface area contributed by atoms with Crippen LogP contribution < -0.4 is 11.3 Å². The van der Waals surface area contributed by atoms with Crippen molar-refractivity contribution in [3.63, 3.8) is 0 Å². The molecule has 18 heavy (non-hydrogen) atoms. The molecule has 0 amide bonds. The van der Waals surface area contributed by atoms with Gasteiger partial charge in [0.2, 0.25) is 4.96 Å². The average molecular weight is 265 g/mol. The van der Waals surface area contributed by atoms with Crippen molar-refractivity contribution in [3.8, 4) is 0 Å². The highest BCUT2D eigenvalue weighted by atomic mass is 32.1. The van der Waals surface area contributed by atoms with E-state index in [4.69, 9.17) is 5.73 Å². The smallest absolute Gasteiger partial charge is 0.275 e. The van der Waals surface area contributed by atoms with Gasteiger partial charge in [-0.3, -0.25) is 9.69 Å². The molecule has 2 aromatic heterocycles. The minimum Gasteiger partial charge on any atom is -0.329 e. The second-order valence-corrected chi connectivity index (χ2v) is 5.33. The van der Waals surface area contributed by atoms with E-state index < -0.39 is 0 Å². The average Bonchev–Trinajstić information content (AvgIpc) is 2.97. The van der Waals surface area contributed by atoms with Gasteiger partial charge in [0.25, 0.3) is 5.56 Å². The Balaban J connectivity index is 1.88. The third kappa shape index (κ3) is 2.05. The minimum absolute atomic E-state index is 0.111. The van der Waals surface area contributed by atoms with Crippen LogP contribution in [-0.4, -0.2) is 38.6 Å². The van der Waals surface area contributed by atoms with Gasteiger partial charge in [-0.2, -0.15) is 9.61 Å². The van der Waals surface area contributed by atoms with Gasteiger partial charge in [0.1, 0.15) is 5.51 Å². The first-order valence-electron chi connectivity index (χ1n) is 6.04. The molecule has 1 saturated heterocycles. The summed E-state index contributed by atoms with van der Waals surface area (Å²) in [5, 5.41) is 3.95. The Morgan fingerprint density at radius 1 is 1.56 bits per heavy atom. The first-order valence-corrected chi connectivity index (χ1v) is 6.92. The van der Waals surface area contributed by atoms with E-state index in [1.165, 1.54) is 22.3 Å². The first kappa shape index (κ1) is 11.8. The predicted octanol–water partition coefficient (Wildman–Crippen LogP) is 0.0741. The number of hydrogen-bond acceptors (Lipinski definition) is 6. The SMILES string of the molecule is NCC1CCCN1Cc1cc(=O)n2ncsc2n1. The molecule has 1 unspecified atom stereocenters. The van der Waals surface area contributed by atoms with Gasteiger partial charge in [-0.05, 0) is 19.4 Å². The Kier molecular flexibility index (Phi) is 3.11. The van der Waals surface area contributed by atoms with Crippen molar-refractivity contribution in [2.24, 2.45) is 5.73 Å². The highest BCUT2D eigenvalue weighted by Gasteiger charge is 2.23. The first-order chi connectivity index (χ1) is 8.78. The number of rotatable bonds is 3. The summed E-state index contributed by atoms with van der Waals surface area (Å²) < 4.78 is 1.33. The number of nitrogens with zero attached hydrogens (tertiary/aromatic N) is 4. The molecule has 0 aromatic carbocycles. The van der Waals surface area contributed by atoms with Crippen LogP contribution in [0, 0.1) is 0 Å². The van der Waals surface area contributed by atoms with E-state index in [1.54, 1.807) is 11.6 Å². The molecule has 0 spiro atoms. The van der Waals surface area contributed by atoms with Crippen LogP contribution in [-0.2, 0) is 6.54 Å². The Labute approximate surface area is 108 Å². The molecule has 7 heteroatoms. The zero-order chi connectivity index (χ0) is 12.5. The molecular formula is C11H15N5OS. The fourth-order valence-electron chi connectivity index (χ4n) is 2.46. The number of nitrogens with two attached hydrogens (primary N) is 1. The number of likely N-dealkylation sites (tertiary alicyclic amines) is 1. The van der Waals surface area contributed by atoms with Crippen LogP contribution in [0.25, 0.3) is 4.96 Å². The van der Waals surface area contributed by atoms with Crippen molar-refractivity contribution in [1.82, 2.24) is 19.5 Å². The van der Waals surface area contributed by atoms with Crippen LogP contribution in [0.1, 0.15) is 18.5 Å². The van der Waals surface area contributed by atoms with Gasteiger partial charge in [-0.1, -0.05) is 11.3 Å². The van der Waals surface area contributed by atoms with Gasteiger partial charge in [-0.15, -0.1) is 0 Å². The van der Waals surface area contributed by atoms with E-state index >= 15 is 0 Å². The van der Waals surface area contributed by atoms with E-state index in [1.807, 2.05) is 0 Å². The van der Waals surface area contributed by atoms with Crippen LogP contribution in [0.4, 0.5) is 0 Å². The van der Waals surface area contributed by atoms with Crippen LogP contribution in [0.3, 0.4) is 0 Å². The molecule has 6 nitrogen and oxygen atoms in total. The van der Waals surface area contributed by atoms with E-state index in [-0.39, 0.29) is 5.56 Å². The molecule has 1 aliphatic heterocycles. The molecule has 0 saturated carbocycles. The quantitative estimate of drug-likeness (QED) is 0.850. The second kappa shape index (κ2) is 4.75. The summed E-state index contributed by atoms with van der Waals surface area (Å²) in [4.78, 5) is 19.2. The third-order valence-electron chi connectivity index (χ3n) is 3.38. The maximum Gasteiger partial charge on any atom is 0.275 e.